The van der Waals surface area contributed by atoms with Gasteiger partial charge in [0, 0.05) is 23.8 Å². The Balaban J connectivity index is 1.58. The summed E-state index contributed by atoms with van der Waals surface area (Å²) in [6.07, 6.45) is 0. The second-order valence-electron chi connectivity index (χ2n) is 5.39. The Morgan fingerprint density at radius 3 is 2.27 bits per heavy atom. The fourth-order valence-electron chi connectivity index (χ4n) is 2.57. The molecule has 0 spiro atoms. The summed E-state index contributed by atoms with van der Waals surface area (Å²) in [5.41, 5.74) is 3.46. The van der Waals surface area contributed by atoms with Gasteiger partial charge in [-0.1, -0.05) is 35.0 Å². The van der Waals surface area contributed by atoms with Crippen LogP contribution in [0.1, 0.15) is 5.56 Å². The summed E-state index contributed by atoms with van der Waals surface area (Å²) in [7, 11) is 0. The fraction of sp³-hybridized carbons (Fsp3) is 0.294. The molecule has 5 heteroatoms. The molecule has 1 saturated heterocycles. The van der Waals surface area contributed by atoms with E-state index in [0.717, 1.165) is 31.9 Å². The van der Waals surface area contributed by atoms with Gasteiger partial charge >= 0.3 is 0 Å². The van der Waals surface area contributed by atoms with Gasteiger partial charge in [0.15, 0.2) is 0 Å². The van der Waals surface area contributed by atoms with Crippen molar-refractivity contribution >= 4 is 23.0 Å². The number of aryl methyl sites for hydroxylation is 1. The van der Waals surface area contributed by atoms with Crippen molar-refractivity contribution in [1.29, 1.82) is 0 Å². The predicted molar refractivity (Wildman–Crippen MR) is 90.9 cm³/mol. The van der Waals surface area contributed by atoms with Crippen LogP contribution in [0.2, 0.25) is 5.02 Å². The van der Waals surface area contributed by atoms with Gasteiger partial charge in [-0.05, 0) is 42.8 Å². The topological polar surface area (TPSA) is 31.2 Å². The van der Waals surface area contributed by atoms with E-state index in [1.54, 1.807) is 0 Å². The first-order chi connectivity index (χ1) is 10.7. The number of halogens is 1. The summed E-state index contributed by atoms with van der Waals surface area (Å²) in [5.74, 6) is 0. The minimum atomic E-state index is 0.714. The average molecular weight is 315 g/mol. The van der Waals surface area contributed by atoms with E-state index in [1.807, 2.05) is 29.3 Å². The van der Waals surface area contributed by atoms with E-state index < -0.39 is 0 Å². The van der Waals surface area contributed by atoms with Gasteiger partial charge in [-0.25, -0.2) is 0 Å². The molecule has 0 aliphatic carbocycles. The average Bonchev–Trinajstić information content (AvgIpc) is 2.55. The SMILES string of the molecule is Cc1ccccc1N1CCN(N=Nc2ccc(Cl)cc2)CC1. The van der Waals surface area contributed by atoms with Crippen molar-refractivity contribution < 1.29 is 0 Å². The van der Waals surface area contributed by atoms with Gasteiger partial charge in [0.05, 0.1) is 18.8 Å². The Morgan fingerprint density at radius 1 is 0.909 bits per heavy atom. The summed E-state index contributed by atoms with van der Waals surface area (Å²) in [6.45, 7) is 5.84. The molecule has 0 unspecified atom stereocenters. The van der Waals surface area contributed by atoms with Crippen molar-refractivity contribution in [3.05, 3.63) is 59.1 Å². The third kappa shape index (κ3) is 3.57. The maximum atomic E-state index is 5.86. The van der Waals surface area contributed by atoms with Crippen molar-refractivity contribution in [3.8, 4) is 0 Å². The van der Waals surface area contributed by atoms with Gasteiger partial charge in [0.25, 0.3) is 0 Å². The summed E-state index contributed by atoms with van der Waals surface area (Å²) >= 11 is 5.86. The second kappa shape index (κ2) is 6.79. The van der Waals surface area contributed by atoms with Crippen LogP contribution in [-0.2, 0) is 0 Å². The van der Waals surface area contributed by atoms with E-state index >= 15 is 0 Å². The highest BCUT2D eigenvalue weighted by Crippen LogP contribution is 2.21. The van der Waals surface area contributed by atoms with Crippen molar-refractivity contribution in [3.63, 3.8) is 0 Å². The molecule has 1 heterocycles. The Hall–Kier alpha value is -2.07. The normalized spacial score (nSPS) is 15.5. The van der Waals surface area contributed by atoms with Gasteiger partial charge in [-0.3, -0.25) is 5.01 Å². The Morgan fingerprint density at radius 2 is 1.59 bits per heavy atom. The third-order valence-corrected chi connectivity index (χ3v) is 4.08. The lowest BCUT2D eigenvalue weighted by Gasteiger charge is -2.34. The van der Waals surface area contributed by atoms with Crippen LogP contribution >= 0.6 is 11.6 Å². The lowest BCUT2D eigenvalue weighted by atomic mass is 10.1. The standard InChI is InChI=1S/C17H19ClN4/c1-14-4-2-3-5-17(14)21-10-12-22(13-11-21)20-19-16-8-6-15(18)7-9-16/h2-9H,10-13H2,1H3. The third-order valence-electron chi connectivity index (χ3n) is 3.83. The molecular formula is C17H19ClN4. The molecule has 1 aliphatic rings. The number of hydrogen-bond donors (Lipinski definition) is 0. The summed E-state index contributed by atoms with van der Waals surface area (Å²) in [6, 6.07) is 15.9. The molecule has 0 N–H and O–H groups in total. The highest BCUT2D eigenvalue weighted by atomic mass is 35.5. The van der Waals surface area contributed by atoms with E-state index in [1.165, 1.54) is 11.3 Å². The zero-order valence-corrected chi connectivity index (χ0v) is 13.4. The van der Waals surface area contributed by atoms with Gasteiger partial charge in [-0.2, -0.15) is 0 Å². The molecule has 4 nitrogen and oxygen atoms in total. The van der Waals surface area contributed by atoms with E-state index in [2.05, 4.69) is 46.4 Å². The van der Waals surface area contributed by atoms with Crippen LogP contribution in [-0.4, -0.2) is 31.2 Å². The first-order valence-corrected chi connectivity index (χ1v) is 7.83. The molecule has 2 aromatic rings. The monoisotopic (exact) mass is 314 g/mol. The van der Waals surface area contributed by atoms with Gasteiger partial charge in [0.1, 0.15) is 0 Å². The molecule has 1 aliphatic heterocycles. The zero-order chi connectivity index (χ0) is 15.4. The minimum Gasteiger partial charge on any atom is -0.368 e. The van der Waals surface area contributed by atoms with E-state index in [0.29, 0.717) is 5.02 Å². The van der Waals surface area contributed by atoms with Gasteiger partial charge < -0.3 is 4.90 Å². The Kier molecular flexibility index (Phi) is 4.59. The highest BCUT2D eigenvalue weighted by molar-refractivity contribution is 6.30. The number of para-hydroxylation sites is 1. The van der Waals surface area contributed by atoms with Crippen LogP contribution in [0.5, 0.6) is 0 Å². The predicted octanol–water partition coefficient (Wildman–Crippen LogP) is 4.47. The zero-order valence-electron chi connectivity index (χ0n) is 12.6. The molecule has 0 saturated carbocycles. The Bertz CT molecular complexity index is 646. The van der Waals surface area contributed by atoms with Crippen LogP contribution in [0.15, 0.2) is 58.9 Å². The molecule has 22 heavy (non-hydrogen) atoms. The molecule has 3 rings (SSSR count). The smallest absolute Gasteiger partial charge is 0.0875 e. The first-order valence-electron chi connectivity index (χ1n) is 7.45. The van der Waals surface area contributed by atoms with Crippen LogP contribution in [0.4, 0.5) is 11.4 Å². The van der Waals surface area contributed by atoms with Gasteiger partial charge in [-0.15, -0.1) is 5.11 Å². The molecule has 114 valence electrons. The summed E-state index contributed by atoms with van der Waals surface area (Å²) < 4.78 is 0. The van der Waals surface area contributed by atoms with Crippen LogP contribution in [0.3, 0.4) is 0 Å². The van der Waals surface area contributed by atoms with E-state index in [-0.39, 0.29) is 0 Å². The first kappa shape index (κ1) is 14.9. The number of nitrogens with zero attached hydrogens (tertiary/aromatic N) is 4. The number of rotatable bonds is 3. The van der Waals surface area contributed by atoms with Crippen molar-refractivity contribution in [2.75, 3.05) is 31.1 Å². The second-order valence-corrected chi connectivity index (χ2v) is 5.83. The van der Waals surface area contributed by atoms with Crippen molar-refractivity contribution in [1.82, 2.24) is 5.01 Å². The quantitative estimate of drug-likeness (QED) is 0.783. The molecular weight excluding hydrogens is 296 g/mol. The van der Waals surface area contributed by atoms with Crippen molar-refractivity contribution in [2.45, 2.75) is 6.92 Å². The number of piperazine rings is 1. The molecule has 0 bridgehead atoms. The van der Waals surface area contributed by atoms with E-state index in [4.69, 9.17) is 11.6 Å². The number of anilines is 1. The number of hydrogen-bond acceptors (Lipinski definition) is 3. The van der Waals surface area contributed by atoms with E-state index in [9.17, 15) is 0 Å². The molecule has 0 radical (unpaired) electrons. The lowest BCUT2D eigenvalue weighted by molar-refractivity contribution is 0.254. The molecule has 1 fully saturated rings. The highest BCUT2D eigenvalue weighted by Gasteiger charge is 2.17. The van der Waals surface area contributed by atoms with Crippen LogP contribution in [0, 0.1) is 6.92 Å². The molecule has 2 aromatic carbocycles. The van der Waals surface area contributed by atoms with Crippen molar-refractivity contribution in [2.24, 2.45) is 10.3 Å². The maximum absolute atomic E-state index is 5.86. The van der Waals surface area contributed by atoms with Gasteiger partial charge in [0.2, 0.25) is 0 Å². The van der Waals surface area contributed by atoms with Crippen LogP contribution < -0.4 is 4.90 Å². The number of benzene rings is 2. The minimum absolute atomic E-state index is 0.714. The molecule has 0 aromatic heterocycles. The summed E-state index contributed by atoms with van der Waals surface area (Å²) in [5, 5.41) is 11.3. The fourth-order valence-corrected chi connectivity index (χ4v) is 2.69. The largest absolute Gasteiger partial charge is 0.368 e. The maximum Gasteiger partial charge on any atom is 0.0875 e. The molecule has 0 atom stereocenters. The summed E-state index contributed by atoms with van der Waals surface area (Å²) in [4.78, 5) is 2.41. The van der Waals surface area contributed by atoms with Crippen LogP contribution in [0.25, 0.3) is 0 Å². The molecule has 0 amide bonds. The Labute approximate surface area is 136 Å². The lowest BCUT2D eigenvalue weighted by Crippen LogP contribution is -2.44.